The highest BCUT2D eigenvalue weighted by Crippen LogP contribution is 2.73. The number of rotatable bonds is 0. The van der Waals surface area contributed by atoms with E-state index in [4.69, 9.17) is 28.9 Å². The van der Waals surface area contributed by atoms with Crippen molar-refractivity contribution < 1.29 is 33.6 Å². The molecular formula is C55H78N2O7. The van der Waals surface area contributed by atoms with E-state index in [-0.39, 0.29) is 75.0 Å². The molecule has 8 aliphatic carbocycles. The molecule has 22 atom stereocenters. The Balaban J connectivity index is 0.751. The highest BCUT2D eigenvalue weighted by atomic mass is 16.7. The molecule has 10 fully saturated rings. The monoisotopic (exact) mass is 879 g/mol. The van der Waals surface area contributed by atoms with Crippen LogP contribution in [-0.2, 0) is 54.2 Å². The van der Waals surface area contributed by atoms with E-state index in [0.717, 1.165) is 76.5 Å². The van der Waals surface area contributed by atoms with Gasteiger partial charge in [0.05, 0.1) is 47.2 Å². The Bertz CT molecular complexity index is 2220. The average Bonchev–Trinajstić information content (AvgIpc) is 3.91. The molecule has 1 unspecified atom stereocenters. The predicted octanol–water partition coefficient (Wildman–Crippen LogP) is 9.06. The number of carbonyl (C=O) groups is 2. The Morgan fingerprint density at radius 1 is 0.672 bits per heavy atom. The van der Waals surface area contributed by atoms with Gasteiger partial charge in [-0.1, -0.05) is 48.5 Å². The van der Waals surface area contributed by atoms with Crippen LogP contribution in [0.25, 0.3) is 0 Å². The zero-order chi connectivity index (χ0) is 44.7. The largest absolute Gasteiger partial charge is 0.384 e. The van der Waals surface area contributed by atoms with Gasteiger partial charge in [-0.25, -0.2) is 0 Å². The Hall–Kier alpha value is -1.78. The lowest BCUT2D eigenvalue weighted by Crippen LogP contribution is -2.61. The molecule has 350 valence electrons. The first kappa shape index (κ1) is 42.3. The summed E-state index contributed by atoms with van der Waals surface area (Å²) >= 11 is 0. The van der Waals surface area contributed by atoms with Gasteiger partial charge in [-0.05, 0) is 161 Å². The fraction of sp³-hybridized carbons (Fsp3) is 0.891. The number of fused-ring (bicyclic) bond motifs is 16. The van der Waals surface area contributed by atoms with Crippen LogP contribution in [0.5, 0.6) is 0 Å². The first-order valence-electron chi connectivity index (χ1n) is 26.4. The molecule has 6 saturated carbocycles. The molecule has 4 saturated heterocycles. The van der Waals surface area contributed by atoms with Crippen molar-refractivity contribution in [2.75, 3.05) is 6.61 Å². The van der Waals surface area contributed by atoms with E-state index >= 15 is 0 Å². The van der Waals surface area contributed by atoms with E-state index in [1.54, 1.807) is 0 Å². The summed E-state index contributed by atoms with van der Waals surface area (Å²) in [7, 11) is 0. The first-order chi connectivity index (χ1) is 30.1. The van der Waals surface area contributed by atoms with Crippen molar-refractivity contribution >= 4 is 11.6 Å². The highest BCUT2D eigenvalue weighted by molar-refractivity contribution is 5.87. The molecule has 13 rings (SSSR count). The highest BCUT2D eigenvalue weighted by Gasteiger charge is 2.78. The summed E-state index contributed by atoms with van der Waals surface area (Å²) in [6.07, 6.45) is 14.0. The summed E-state index contributed by atoms with van der Waals surface area (Å²) in [4.78, 5) is 41.1. The number of carbonyl (C=O) groups excluding carboxylic acids is 2. The molecule has 1 N–H and O–H groups in total. The summed E-state index contributed by atoms with van der Waals surface area (Å²) in [6, 6.07) is 0. The van der Waals surface area contributed by atoms with Gasteiger partial charge < -0.3 is 24.1 Å². The summed E-state index contributed by atoms with van der Waals surface area (Å²) < 4.78 is 27.2. The van der Waals surface area contributed by atoms with Crippen molar-refractivity contribution in [2.45, 2.75) is 201 Å². The van der Waals surface area contributed by atoms with Gasteiger partial charge in [-0.2, -0.15) is 0 Å². The zero-order valence-corrected chi connectivity index (χ0v) is 40.8. The van der Waals surface area contributed by atoms with E-state index in [0.29, 0.717) is 72.3 Å². The third-order valence-corrected chi connectivity index (χ3v) is 24.0. The standard InChI is InChI=1S/C55H78N2O7/c1-27-15-16-54(61-26-27)29(3)45-42(62-54)20-36-32-13-11-30-17-37-39(23-49(30,6)35(32)21-44(59)52(36,45)9)56-38-18-31-12-14-33-34-19-43-47(53(10,60)55(63-43)22-28(2)48(4,5)64-55)51(34,8)25-41(58)46(33)50(31,7)24-40(38)57-37/h27-36,42-43,45-47,60H,11-26H2,1-10H3/t27-,28-,29-,30-,31-,32+,33-,34-,35-,36-,42-,43-,45?,46+,47-,49-,50-,51-,52+,53+,54+,55-/m0/s1. The maximum absolute atomic E-state index is 15.0. The molecule has 1 aromatic heterocycles. The van der Waals surface area contributed by atoms with Crippen molar-refractivity contribution in [3.05, 3.63) is 22.8 Å². The van der Waals surface area contributed by atoms with Crippen molar-refractivity contribution in [2.24, 2.45) is 98.6 Å². The molecule has 5 heterocycles. The minimum absolute atomic E-state index is 0.00393. The van der Waals surface area contributed by atoms with Gasteiger partial charge in [0, 0.05) is 54.8 Å². The lowest BCUT2D eigenvalue weighted by molar-refractivity contribution is -0.298. The Morgan fingerprint density at radius 3 is 1.98 bits per heavy atom. The molecule has 0 amide bonds. The summed E-state index contributed by atoms with van der Waals surface area (Å²) in [6.45, 7) is 23.4. The fourth-order valence-electron chi connectivity index (χ4n) is 20.5. The quantitative estimate of drug-likeness (QED) is 0.273. The van der Waals surface area contributed by atoms with E-state index in [9.17, 15) is 14.7 Å². The second kappa shape index (κ2) is 12.9. The smallest absolute Gasteiger partial charge is 0.198 e. The maximum atomic E-state index is 15.0. The van der Waals surface area contributed by atoms with Gasteiger partial charge in [0.1, 0.15) is 17.2 Å². The number of aromatic nitrogens is 2. The van der Waals surface area contributed by atoms with Crippen LogP contribution in [0.3, 0.4) is 0 Å². The Labute approximate surface area is 382 Å². The van der Waals surface area contributed by atoms with Crippen molar-refractivity contribution in [1.29, 1.82) is 0 Å². The molecule has 4 aliphatic heterocycles. The number of hydrogen-bond donors (Lipinski definition) is 1. The first-order valence-corrected chi connectivity index (χ1v) is 26.4. The number of nitrogens with zero attached hydrogens (tertiary/aromatic N) is 2. The van der Waals surface area contributed by atoms with Crippen LogP contribution >= 0.6 is 0 Å². The second-order valence-corrected chi connectivity index (χ2v) is 27.1. The molecule has 9 nitrogen and oxygen atoms in total. The van der Waals surface area contributed by atoms with Gasteiger partial charge in [-0.3, -0.25) is 19.6 Å². The summed E-state index contributed by atoms with van der Waals surface area (Å²) in [5.41, 5.74) is 2.36. The Kier molecular flexibility index (Phi) is 8.53. The van der Waals surface area contributed by atoms with Crippen LogP contribution in [0.2, 0.25) is 0 Å². The number of hydrogen-bond acceptors (Lipinski definition) is 9. The third kappa shape index (κ3) is 5.01. The summed E-state index contributed by atoms with van der Waals surface area (Å²) in [5, 5.41) is 12.6. The lowest BCUT2D eigenvalue weighted by atomic mass is 9.43. The predicted molar refractivity (Wildman–Crippen MR) is 239 cm³/mol. The second-order valence-electron chi connectivity index (χ2n) is 27.1. The van der Waals surface area contributed by atoms with Crippen molar-refractivity contribution in [3.8, 4) is 0 Å². The van der Waals surface area contributed by atoms with E-state index in [2.05, 4.69) is 62.3 Å². The number of ketones is 2. The molecular weight excluding hydrogens is 801 g/mol. The van der Waals surface area contributed by atoms with Crippen LogP contribution in [0.15, 0.2) is 0 Å². The SMILES string of the molecule is C[C@H]1CC[C@@]2(OC1)O[C@H]1C[C@H]3[C@@H]4CC[C@H]5Cc6nc7c(nc6C[C@]5(C)[C@H]4CC(=O)[C@]3(C)C1[C@@H]2C)C[C@@H]1CC[C@H]2[C@@H]3C[C@@H]4O[C@]5(C[C@H](C)C(C)(C)O5)[C@](C)(O)[C@@H]4[C@@]3(C)CC(=O)[C@@H]2[C@@]1(C)C7. The molecule has 0 aromatic carbocycles. The van der Waals surface area contributed by atoms with Gasteiger partial charge in [-0.15, -0.1) is 0 Å². The number of aliphatic hydroxyl groups is 1. The fourth-order valence-corrected chi connectivity index (χ4v) is 20.5. The van der Waals surface area contributed by atoms with Crippen molar-refractivity contribution in [1.82, 2.24) is 9.97 Å². The molecule has 64 heavy (non-hydrogen) atoms. The van der Waals surface area contributed by atoms with Crippen LogP contribution in [0.4, 0.5) is 0 Å². The number of ether oxygens (including phenoxy) is 4. The third-order valence-electron chi connectivity index (χ3n) is 24.0. The Morgan fingerprint density at radius 2 is 1.33 bits per heavy atom. The minimum Gasteiger partial charge on any atom is -0.384 e. The maximum Gasteiger partial charge on any atom is 0.198 e. The van der Waals surface area contributed by atoms with Crippen molar-refractivity contribution in [3.63, 3.8) is 0 Å². The number of Topliss-reactive ketones (excluding diaryl/α,β-unsaturated/α-hetero) is 2. The molecule has 0 bridgehead atoms. The van der Waals surface area contributed by atoms with Gasteiger partial charge in [0.25, 0.3) is 0 Å². The van der Waals surface area contributed by atoms with E-state index in [1.807, 2.05) is 6.92 Å². The summed E-state index contributed by atoms with van der Waals surface area (Å²) in [5.74, 6) is 3.32. The normalized spacial score (nSPS) is 58.4. The van der Waals surface area contributed by atoms with Gasteiger partial charge in [0.2, 0.25) is 0 Å². The van der Waals surface area contributed by atoms with Crippen LogP contribution in [0, 0.1) is 98.6 Å². The minimum atomic E-state index is -1.17. The molecule has 0 radical (unpaired) electrons. The zero-order valence-electron chi connectivity index (χ0n) is 40.8. The molecule has 2 spiro atoms. The molecule has 12 aliphatic rings. The average molecular weight is 879 g/mol. The van der Waals surface area contributed by atoms with Crippen LogP contribution in [0.1, 0.15) is 163 Å². The van der Waals surface area contributed by atoms with E-state index < -0.39 is 17.2 Å². The van der Waals surface area contributed by atoms with Crippen LogP contribution in [-0.4, -0.2) is 68.2 Å². The van der Waals surface area contributed by atoms with E-state index in [1.165, 1.54) is 29.9 Å². The lowest BCUT2D eigenvalue weighted by Gasteiger charge is -2.60. The molecule has 1 aromatic rings. The van der Waals surface area contributed by atoms with Gasteiger partial charge >= 0.3 is 0 Å². The molecule has 9 heteroatoms. The van der Waals surface area contributed by atoms with Crippen LogP contribution < -0.4 is 0 Å². The topological polar surface area (TPSA) is 117 Å². The van der Waals surface area contributed by atoms with Gasteiger partial charge in [0.15, 0.2) is 11.6 Å².